The van der Waals surface area contributed by atoms with Gasteiger partial charge in [-0.1, -0.05) is 26.0 Å². The van der Waals surface area contributed by atoms with E-state index in [1.165, 1.54) is 5.56 Å². The van der Waals surface area contributed by atoms with Crippen molar-refractivity contribution in [1.82, 2.24) is 9.97 Å². The second-order valence-electron chi connectivity index (χ2n) is 4.21. The fraction of sp³-hybridized carbons (Fsp3) is 0.231. The molecule has 0 atom stereocenters. The Hall–Kier alpha value is -2.10. The van der Waals surface area contributed by atoms with Gasteiger partial charge in [0.25, 0.3) is 0 Å². The number of nitrogen functional groups attached to an aromatic ring is 1. The number of aromatic nitrogens is 2. The van der Waals surface area contributed by atoms with Gasteiger partial charge in [-0.15, -0.1) is 0 Å². The van der Waals surface area contributed by atoms with Crippen LogP contribution < -0.4 is 11.1 Å². The van der Waals surface area contributed by atoms with Gasteiger partial charge < -0.3 is 11.1 Å². The minimum Gasteiger partial charge on any atom is -0.384 e. The molecule has 3 N–H and O–H groups in total. The molecule has 4 heteroatoms. The molecule has 0 unspecified atom stereocenters. The summed E-state index contributed by atoms with van der Waals surface area (Å²) in [7, 11) is 0. The molecule has 2 rings (SSSR count). The number of anilines is 3. The molecule has 0 spiro atoms. The summed E-state index contributed by atoms with van der Waals surface area (Å²) in [5.74, 6) is 1.48. The molecule has 4 nitrogen and oxygen atoms in total. The van der Waals surface area contributed by atoms with Crippen LogP contribution >= 0.6 is 0 Å². The van der Waals surface area contributed by atoms with Crippen molar-refractivity contribution in [3.05, 3.63) is 42.1 Å². The molecule has 17 heavy (non-hydrogen) atoms. The predicted molar refractivity (Wildman–Crippen MR) is 70.3 cm³/mol. The van der Waals surface area contributed by atoms with Gasteiger partial charge in [-0.2, -0.15) is 4.98 Å². The van der Waals surface area contributed by atoms with E-state index in [1.807, 2.05) is 12.1 Å². The normalized spacial score (nSPS) is 10.5. The second kappa shape index (κ2) is 4.82. The largest absolute Gasteiger partial charge is 0.384 e. The van der Waals surface area contributed by atoms with E-state index in [0.717, 1.165) is 5.69 Å². The van der Waals surface area contributed by atoms with Crippen LogP contribution in [0.15, 0.2) is 36.5 Å². The van der Waals surface area contributed by atoms with Crippen molar-refractivity contribution >= 4 is 17.5 Å². The highest BCUT2D eigenvalue weighted by atomic mass is 15.1. The number of hydrogen-bond donors (Lipinski definition) is 2. The lowest BCUT2D eigenvalue weighted by atomic mass is 10.0. The van der Waals surface area contributed by atoms with Crippen molar-refractivity contribution in [2.45, 2.75) is 19.8 Å². The van der Waals surface area contributed by atoms with Crippen molar-refractivity contribution in [2.75, 3.05) is 11.1 Å². The van der Waals surface area contributed by atoms with Crippen LogP contribution in [0, 0.1) is 0 Å². The molecule has 1 aromatic heterocycles. The first kappa shape index (κ1) is 11.4. The Kier molecular flexibility index (Phi) is 3.23. The molecule has 0 aliphatic carbocycles. The summed E-state index contributed by atoms with van der Waals surface area (Å²) >= 11 is 0. The van der Waals surface area contributed by atoms with Gasteiger partial charge in [0.05, 0.1) is 0 Å². The van der Waals surface area contributed by atoms with Crippen molar-refractivity contribution in [3.8, 4) is 0 Å². The van der Waals surface area contributed by atoms with E-state index >= 15 is 0 Å². The fourth-order valence-electron chi connectivity index (χ4n) is 1.54. The van der Waals surface area contributed by atoms with E-state index in [0.29, 0.717) is 17.7 Å². The molecule has 2 aromatic rings. The van der Waals surface area contributed by atoms with E-state index in [4.69, 9.17) is 5.73 Å². The summed E-state index contributed by atoms with van der Waals surface area (Å²) in [6.45, 7) is 4.33. The molecule has 0 saturated heterocycles. The smallest absolute Gasteiger partial charge is 0.229 e. The first-order valence-corrected chi connectivity index (χ1v) is 5.60. The van der Waals surface area contributed by atoms with E-state index in [9.17, 15) is 0 Å². The first-order chi connectivity index (χ1) is 8.15. The zero-order valence-electron chi connectivity index (χ0n) is 10.0. The maximum atomic E-state index is 5.60. The average molecular weight is 228 g/mol. The van der Waals surface area contributed by atoms with Crippen LogP contribution in [0.3, 0.4) is 0 Å². The van der Waals surface area contributed by atoms with Crippen molar-refractivity contribution in [2.24, 2.45) is 0 Å². The Morgan fingerprint density at radius 1 is 1.24 bits per heavy atom. The van der Waals surface area contributed by atoms with Crippen LogP contribution in [-0.2, 0) is 0 Å². The van der Waals surface area contributed by atoms with E-state index in [2.05, 4.69) is 41.3 Å². The Morgan fingerprint density at radius 2 is 2.06 bits per heavy atom. The van der Waals surface area contributed by atoms with E-state index in [1.54, 1.807) is 12.3 Å². The molecular formula is C13H16N4. The molecule has 0 fully saturated rings. The summed E-state index contributed by atoms with van der Waals surface area (Å²) in [5, 5.41) is 3.14. The van der Waals surface area contributed by atoms with Crippen molar-refractivity contribution in [1.29, 1.82) is 0 Å². The van der Waals surface area contributed by atoms with E-state index in [-0.39, 0.29) is 0 Å². The highest BCUT2D eigenvalue weighted by Gasteiger charge is 2.02. The number of benzene rings is 1. The third-order valence-electron chi connectivity index (χ3n) is 2.49. The van der Waals surface area contributed by atoms with Crippen molar-refractivity contribution in [3.63, 3.8) is 0 Å². The first-order valence-electron chi connectivity index (χ1n) is 5.60. The molecule has 1 aromatic carbocycles. The standard InChI is InChI=1S/C13H16N4/c1-9(2)10-4-3-5-11(8-10)16-13-15-7-6-12(14)17-13/h3-9H,1-2H3,(H3,14,15,16,17). The van der Waals surface area contributed by atoms with Gasteiger partial charge in [-0.3, -0.25) is 0 Å². The molecule has 0 bridgehead atoms. The van der Waals surface area contributed by atoms with Gasteiger partial charge in [-0.05, 0) is 29.7 Å². The van der Waals surface area contributed by atoms with Crippen LogP contribution in [0.2, 0.25) is 0 Å². The quantitative estimate of drug-likeness (QED) is 0.847. The maximum absolute atomic E-state index is 5.60. The Labute approximate surface area is 101 Å². The number of nitrogens with one attached hydrogen (secondary N) is 1. The number of hydrogen-bond acceptors (Lipinski definition) is 4. The lowest BCUT2D eigenvalue weighted by Crippen LogP contribution is -2.00. The van der Waals surface area contributed by atoms with Crippen LogP contribution in [0.1, 0.15) is 25.3 Å². The minimum absolute atomic E-state index is 0.461. The molecular weight excluding hydrogens is 212 g/mol. The van der Waals surface area contributed by atoms with E-state index < -0.39 is 0 Å². The molecule has 88 valence electrons. The van der Waals surface area contributed by atoms with Gasteiger partial charge in [0.2, 0.25) is 5.95 Å². The van der Waals surface area contributed by atoms with Gasteiger partial charge in [0.15, 0.2) is 0 Å². The van der Waals surface area contributed by atoms with Crippen LogP contribution in [0.5, 0.6) is 0 Å². The lowest BCUT2D eigenvalue weighted by molar-refractivity contribution is 0.867. The Morgan fingerprint density at radius 3 is 2.76 bits per heavy atom. The van der Waals surface area contributed by atoms with Gasteiger partial charge in [-0.25, -0.2) is 4.98 Å². The van der Waals surface area contributed by atoms with Crippen LogP contribution in [0.4, 0.5) is 17.5 Å². The third-order valence-corrected chi connectivity index (χ3v) is 2.49. The Balaban J connectivity index is 2.21. The molecule has 0 saturated carbocycles. The van der Waals surface area contributed by atoms with Crippen molar-refractivity contribution < 1.29 is 0 Å². The molecule has 0 aliphatic rings. The van der Waals surface area contributed by atoms with Crippen LogP contribution in [0.25, 0.3) is 0 Å². The minimum atomic E-state index is 0.461. The highest BCUT2D eigenvalue weighted by molar-refractivity contribution is 5.55. The SMILES string of the molecule is CC(C)c1cccc(Nc2nccc(N)n2)c1. The lowest BCUT2D eigenvalue weighted by Gasteiger charge is -2.09. The monoisotopic (exact) mass is 228 g/mol. The predicted octanol–water partition coefficient (Wildman–Crippen LogP) is 2.93. The summed E-state index contributed by atoms with van der Waals surface area (Å²) in [5.41, 5.74) is 7.85. The molecule has 0 radical (unpaired) electrons. The molecule has 0 aliphatic heterocycles. The second-order valence-corrected chi connectivity index (χ2v) is 4.21. The molecule has 1 heterocycles. The number of nitrogens with two attached hydrogens (primary N) is 1. The summed E-state index contributed by atoms with van der Waals surface area (Å²) < 4.78 is 0. The highest BCUT2D eigenvalue weighted by Crippen LogP contribution is 2.20. The fourth-order valence-corrected chi connectivity index (χ4v) is 1.54. The topological polar surface area (TPSA) is 63.8 Å². The zero-order valence-corrected chi connectivity index (χ0v) is 10.0. The van der Waals surface area contributed by atoms with Gasteiger partial charge in [0, 0.05) is 11.9 Å². The Bertz CT molecular complexity index is 508. The average Bonchev–Trinajstić information content (AvgIpc) is 2.29. The number of nitrogens with zero attached hydrogens (tertiary/aromatic N) is 2. The summed E-state index contributed by atoms with van der Waals surface area (Å²) in [4.78, 5) is 8.21. The summed E-state index contributed by atoms with van der Waals surface area (Å²) in [6.07, 6.45) is 1.64. The summed E-state index contributed by atoms with van der Waals surface area (Å²) in [6, 6.07) is 9.87. The maximum Gasteiger partial charge on any atom is 0.229 e. The van der Waals surface area contributed by atoms with Crippen LogP contribution in [-0.4, -0.2) is 9.97 Å². The zero-order chi connectivity index (χ0) is 12.3. The van der Waals surface area contributed by atoms with Gasteiger partial charge >= 0.3 is 0 Å². The number of rotatable bonds is 3. The molecule has 0 amide bonds. The third kappa shape index (κ3) is 2.93. The van der Waals surface area contributed by atoms with Gasteiger partial charge in [0.1, 0.15) is 5.82 Å².